The highest BCUT2D eigenvalue weighted by Gasteiger charge is 2.39. The molecule has 0 aromatic heterocycles. The minimum atomic E-state index is -0.179. The number of nitrogens with one attached hydrogen (secondary N) is 3. The van der Waals surface area contributed by atoms with Gasteiger partial charge in [-0.1, -0.05) is 30.3 Å². The number of amides is 2. The van der Waals surface area contributed by atoms with Crippen LogP contribution in [0.5, 0.6) is 0 Å². The number of carbonyl (C=O) groups is 1. The molecule has 3 rings (SSSR count). The summed E-state index contributed by atoms with van der Waals surface area (Å²) < 4.78 is 0. The molecular formula is C19H30ClN3O2. The van der Waals surface area contributed by atoms with Gasteiger partial charge in [0.15, 0.2) is 0 Å². The standard InChI is InChI=1S/C19H29N3O2.ClH/c23-17-12-16(13-17)18(15-7-9-20-10-8-15)22-19(24)21-11-6-14-4-2-1-3-5-14;/h1-5,15-18,20,23H,6-13H2,(H2,21,22,24);1H. The molecule has 1 atom stereocenters. The topological polar surface area (TPSA) is 73.4 Å². The van der Waals surface area contributed by atoms with Crippen molar-refractivity contribution in [1.82, 2.24) is 16.0 Å². The van der Waals surface area contributed by atoms with E-state index in [1.54, 1.807) is 0 Å². The van der Waals surface area contributed by atoms with Crippen LogP contribution < -0.4 is 16.0 Å². The first-order valence-electron chi connectivity index (χ1n) is 9.19. The van der Waals surface area contributed by atoms with Gasteiger partial charge in [0, 0.05) is 12.6 Å². The van der Waals surface area contributed by atoms with Crippen LogP contribution in [0.25, 0.3) is 0 Å². The van der Waals surface area contributed by atoms with E-state index in [0.29, 0.717) is 18.4 Å². The van der Waals surface area contributed by atoms with Crippen LogP contribution in [0.4, 0.5) is 4.79 Å². The van der Waals surface area contributed by atoms with Gasteiger partial charge in [-0.15, -0.1) is 12.4 Å². The fraction of sp³-hybridized carbons (Fsp3) is 0.632. The summed E-state index contributed by atoms with van der Waals surface area (Å²) in [5.41, 5.74) is 1.23. The molecule has 1 aliphatic carbocycles. The molecule has 5 nitrogen and oxygen atoms in total. The lowest BCUT2D eigenvalue weighted by molar-refractivity contribution is 0.0116. The van der Waals surface area contributed by atoms with E-state index in [2.05, 4.69) is 28.1 Å². The monoisotopic (exact) mass is 367 g/mol. The van der Waals surface area contributed by atoms with Crippen molar-refractivity contribution in [1.29, 1.82) is 0 Å². The van der Waals surface area contributed by atoms with Gasteiger partial charge < -0.3 is 21.1 Å². The average Bonchev–Trinajstić information content (AvgIpc) is 2.59. The first-order valence-corrected chi connectivity index (χ1v) is 9.19. The highest BCUT2D eigenvalue weighted by atomic mass is 35.5. The van der Waals surface area contributed by atoms with E-state index in [9.17, 15) is 9.90 Å². The van der Waals surface area contributed by atoms with Gasteiger partial charge in [0.05, 0.1) is 6.10 Å². The first-order chi connectivity index (χ1) is 11.7. The summed E-state index contributed by atoms with van der Waals surface area (Å²) in [6, 6.07) is 10.3. The molecule has 2 aliphatic rings. The van der Waals surface area contributed by atoms with Crippen molar-refractivity contribution >= 4 is 18.4 Å². The van der Waals surface area contributed by atoms with Crippen LogP contribution in [0.1, 0.15) is 31.2 Å². The number of rotatable bonds is 6. The summed E-state index contributed by atoms with van der Waals surface area (Å²) in [4.78, 5) is 12.3. The summed E-state index contributed by atoms with van der Waals surface area (Å²) in [5, 5.41) is 19.2. The van der Waals surface area contributed by atoms with Crippen LogP contribution in [-0.4, -0.2) is 42.9 Å². The van der Waals surface area contributed by atoms with Crippen LogP contribution in [0.3, 0.4) is 0 Å². The van der Waals surface area contributed by atoms with Crippen molar-refractivity contribution in [2.24, 2.45) is 11.8 Å². The van der Waals surface area contributed by atoms with Crippen LogP contribution >= 0.6 is 12.4 Å². The van der Waals surface area contributed by atoms with Gasteiger partial charge in [0.25, 0.3) is 0 Å². The molecule has 25 heavy (non-hydrogen) atoms. The number of halogens is 1. The predicted octanol–water partition coefficient (Wildman–Crippen LogP) is 2.09. The number of benzene rings is 1. The second-order valence-corrected chi connectivity index (χ2v) is 7.13. The second-order valence-electron chi connectivity index (χ2n) is 7.13. The Morgan fingerprint density at radius 3 is 2.48 bits per heavy atom. The molecule has 2 fully saturated rings. The maximum Gasteiger partial charge on any atom is 0.315 e. The van der Waals surface area contributed by atoms with Crippen molar-refractivity contribution in [2.45, 2.75) is 44.2 Å². The smallest absolute Gasteiger partial charge is 0.315 e. The van der Waals surface area contributed by atoms with E-state index in [4.69, 9.17) is 0 Å². The second kappa shape index (κ2) is 10.00. The van der Waals surface area contributed by atoms with Gasteiger partial charge >= 0.3 is 6.03 Å². The Kier molecular flexibility index (Phi) is 8.00. The lowest BCUT2D eigenvalue weighted by Crippen LogP contribution is -2.55. The zero-order valence-corrected chi connectivity index (χ0v) is 15.4. The van der Waals surface area contributed by atoms with E-state index in [-0.39, 0.29) is 30.6 Å². The average molecular weight is 368 g/mol. The third-order valence-electron chi connectivity index (χ3n) is 5.39. The summed E-state index contributed by atoms with van der Waals surface area (Å²) in [5.74, 6) is 0.937. The number of urea groups is 1. The molecule has 140 valence electrons. The Morgan fingerprint density at radius 1 is 1.16 bits per heavy atom. The number of hydrogen-bond acceptors (Lipinski definition) is 3. The number of aliphatic hydroxyl groups is 1. The molecule has 1 aliphatic heterocycles. The predicted molar refractivity (Wildman–Crippen MR) is 102 cm³/mol. The summed E-state index contributed by atoms with van der Waals surface area (Å²) in [6.45, 7) is 2.68. The zero-order valence-electron chi connectivity index (χ0n) is 14.6. The normalized spacial score (nSPS) is 24.5. The highest BCUT2D eigenvalue weighted by molar-refractivity contribution is 5.85. The fourth-order valence-corrected chi connectivity index (χ4v) is 3.91. The Labute approximate surface area is 156 Å². The Bertz CT molecular complexity index is 517. The van der Waals surface area contributed by atoms with Crippen molar-refractivity contribution in [2.75, 3.05) is 19.6 Å². The molecule has 1 aromatic carbocycles. The van der Waals surface area contributed by atoms with Gasteiger partial charge in [0.1, 0.15) is 0 Å². The van der Waals surface area contributed by atoms with E-state index in [1.165, 1.54) is 5.56 Å². The van der Waals surface area contributed by atoms with Crippen LogP contribution in [0.15, 0.2) is 30.3 Å². The van der Waals surface area contributed by atoms with Crippen LogP contribution in [0.2, 0.25) is 0 Å². The molecule has 1 saturated heterocycles. The minimum absolute atomic E-state index is 0. The molecule has 1 saturated carbocycles. The molecule has 2 amide bonds. The maximum absolute atomic E-state index is 12.3. The largest absolute Gasteiger partial charge is 0.393 e. The van der Waals surface area contributed by atoms with Gasteiger partial charge in [-0.05, 0) is 62.6 Å². The molecule has 6 heteroatoms. The number of aliphatic hydroxyl groups excluding tert-OH is 1. The SMILES string of the molecule is Cl.O=C(NCCc1ccccc1)NC(C1CCNCC1)C1CC(O)C1. The molecule has 0 radical (unpaired) electrons. The van der Waals surface area contributed by atoms with Gasteiger partial charge in [-0.3, -0.25) is 0 Å². The van der Waals surface area contributed by atoms with Gasteiger partial charge in [-0.2, -0.15) is 0 Å². The quantitative estimate of drug-likeness (QED) is 0.622. The van der Waals surface area contributed by atoms with E-state index in [1.807, 2.05) is 18.2 Å². The lowest BCUT2D eigenvalue weighted by atomic mass is 9.71. The number of hydrogen-bond donors (Lipinski definition) is 4. The maximum atomic E-state index is 12.3. The van der Waals surface area contributed by atoms with Crippen molar-refractivity contribution in [3.05, 3.63) is 35.9 Å². The number of carbonyl (C=O) groups excluding carboxylic acids is 1. The van der Waals surface area contributed by atoms with Gasteiger partial charge in [-0.25, -0.2) is 4.79 Å². The summed E-state index contributed by atoms with van der Waals surface area (Å²) in [6.07, 6.45) is 4.50. The zero-order chi connectivity index (χ0) is 16.8. The summed E-state index contributed by atoms with van der Waals surface area (Å²) in [7, 11) is 0. The lowest BCUT2D eigenvalue weighted by Gasteiger charge is -2.43. The molecule has 1 unspecified atom stereocenters. The Hall–Kier alpha value is -1.30. The van der Waals surface area contributed by atoms with Crippen LogP contribution in [-0.2, 0) is 6.42 Å². The molecule has 1 aromatic rings. The molecule has 0 bridgehead atoms. The number of piperidine rings is 1. The minimum Gasteiger partial charge on any atom is -0.393 e. The molecular weight excluding hydrogens is 338 g/mol. The Morgan fingerprint density at radius 2 is 1.84 bits per heavy atom. The molecule has 1 heterocycles. The third-order valence-corrected chi connectivity index (χ3v) is 5.39. The van der Waals surface area contributed by atoms with Crippen molar-refractivity contribution < 1.29 is 9.90 Å². The van der Waals surface area contributed by atoms with Crippen LogP contribution in [0, 0.1) is 11.8 Å². The third kappa shape index (κ3) is 5.87. The molecule has 4 N–H and O–H groups in total. The first kappa shape index (κ1) is 20.0. The highest BCUT2D eigenvalue weighted by Crippen LogP contribution is 2.35. The van der Waals surface area contributed by atoms with E-state index >= 15 is 0 Å². The fourth-order valence-electron chi connectivity index (χ4n) is 3.91. The van der Waals surface area contributed by atoms with E-state index < -0.39 is 0 Å². The van der Waals surface area contributed by atoms with E-state index in [0.717, 1.165) is 45.2 Å². The Balaban J connectivity index is 0.00000225. The van der Waals surface area contributed by atoms with Crippen molar-refractivity contribution in [3.63, 3.8) is 0 Å². The molecule has 0 spiro atoms. The van der Waals surface area contributed by atoms with Gasteiger partial charge in [0.2, 0.25) is 0 Å². The van der Waals surface area contributed by atoms with Crippen molar-refractivity contribution in [3.8, 4) is 0 Å². The summed E-state index contributed by atoms with van der Waals surface area (Å²) >= 11 is 0.